The van der Waals surface area contributed by atoms with Gasteiger partial charge in [-0.25, -0.2) is 4.68 Å². The molecule has 36 heavy (non-hydrogen) atoms. The van der Waals surface area contributed by atoms with Crippen molar-refractivity contribution in [2.24, 2.45) is 5.92 Å². The average Bonchev–Trinajstić information content (AvgIpc) is 3.42. The second-order valence-electron chi connectivity index (χ2n) is 9.20. The Balaban J connectivity index is 1.38. The van der Waals surface area contributed by atoms with Crippen molar-refractivity contribution in [2.75, 3.05) is 11.9 Å². The molecule has 9 nitrogen and oxygen atoms in total. The molecule has 0 unspecified atom stereocenters. The summed E-state index contributed by atoms with van der Waals surface area (Å²) in [6, 6.07) is 14.1. The van der Waals surface area contributed by atoms with Crippen molar-refractivity contribution in [2.45, 2.75) is 38.6 Å². The number of nitrogens with one attached hydrogen (secondary N) is 3. The van der Waals surface area contributed by atoms with E-state index in [1.807, 2.05) is 30.3 Å². The minimum absolute atomic E-state index is 0.0544. The van der Waals surface area contributed by atoms with Crippen LogP contribution >= 0.6 is 0 Å². The number of aromatic nitrogens is 4. The Hall–Kier alpha value is -4.27. The van der Waals surface area contributed by atoms with Gasteiger partial charge in [0.15, 0.2) is 0 Å². The Morgan fingerprint density at radius 3 is 2.56 bits per heavy atom. The number of H-pyrrole nitrogens is 1. The lowest BCUT2D eigenvalue weighted by molar-refractivity contribution is 0.0939. The highest BCUT2D eigenvalue weighted by Crippen LogP contribution is 2.25. The number of benzene rings is 2. The molecule has 1 aliphatic carbocycles. The zero-order valence-corrected chi connectivity index (χ0v) is 19.9. The summed E-state index contributed by atoms with van der Waals surface area (Å²) in [4.78, 5) is 40.9. The number of hydrogen-bond donors (Lipinski definition) is 3. The molecule has 2 heterocycles. The maximum atomic E-state index is 13.4. The lowest BCUT2D eigenvalue weighted by atomic mass is 9.89. The van der Waals surface area contributed by atoms with Crippen molar-refractivity contribution in [1.82, 2.24) is 25.3 Å². The van der Waals surface area contributed by atoms with Gasteiger partial charge < -0.3 is 15.6 Å². The second-order valence-corrected chi connectivity index (χ2v) is 9.20. The van der Waals surface area contributed by atoms with Gasteiger partial charge in [-0.2, -0.15) is 0 Å². The minimum Gasteiger partial charge on any atom is -0.350 e. The highest BCUT2D eigenvalue weighted by atomic mass is 16.2. The largest absolute Gasteiger partial charge is 0.350 e. The number of aromatic amines is 1. The van der Waals surface area contributed by atoms with Gasteiger partial charge in [-0.05, 0) is 47.2 Å². The van der Waals surface area contributed by atoms with Crippen LogP contribution in [0.4, 0.5) is 5.69 Å². The van der Waals surface area contributed by atoms with Crippen LogP contribution in [0.3, 0.4) is 0 Å². The molecule has 3 N–H and O–H groups in total. The number of pyridine rings is 1. The first-order valence-electron chi connectivity index (χ1n) is 12.3. The zero-order valence-electron chi connectivity index (χ0n) is 19.9. The number of fused-ring (bicyclic) bond motifs is 1. The fourth-order valence-electron chi connectivity index (χ4n) is 4.85. The molecule has 1 aliphatic rings. The monoisotopic (exact) mass is 484 g/mol. The predicted molar refractivity (Wildman–Crippen MR) is 137 cm³/mol. The van der Waals surface area contributed by atoms with Gasteiger partial charge in [0.2, 0.25) is 5.56 Å². The number of hydrogen-bond acceptors (Lipinski definition) is 5. The lowest BCUT2D eigenvalue weighted by Gasteiger charge is -2.22. The lowest BCUT2D eigenvalue weighted by Crippen LogP contribution is -2.32. The van der Waals surface area contributed by atoms with Crippen LogP contribution in [0.1, 0.15) is 58.5 Å². The Morgan fingerprint density at radius 1 is 0.972 bits per heavy atom. The molecule has 184 valence electrons. The number of amides is 2. The van der Waals surface area contributed by atoms with Crippen LogP contribution in [0.15, 0.2) is 65.7 Å². The maximum Gasteiger partial charge on any atom is 0.269 e. The van der Waals surface area contributed by atoms with Crippen molar-refractivity contribution in [1.29, 1.82) is 0 Å². The second kappa shape index (κ2) is 10.6. The molecule has 1 saturated carbocycles. The van der Waals surface area contributed by atoms with Crippen LogP contribution < -0.4 is 16.2 Å². The van der Waals surface area contributed by atoms with E-state index >= 15 is 0 Å². The Labute approximate surface area is 207 Å². The van der Waals surface area contributed by atoms with Gasteiger partial charge >= 0.3 is 0 Å². The molecule has 0 radical (unpaired) electrons. The van der Waals surface area contributed by atoms with Gasteiger partial charge in [-0.15, -0.1) is 5.10 Å². The summed E-state index contributed by atoms with van der Waals surface area (Å²) in [6.07, 6.45) is 9.18. The number of nitrogens with zero attached hydrogens (tertiary/aromatic N) is 3. The fraction of sp³-hybridized carbons (Fsp3) is 0.296. The Kier molecular flexibility index (Phi) is 6.88. The summed E-state index contributed by atoms with van der Waals surface area (Å²) < 4.78 is 1.72. The normalized spacial score (nSPS) is 14.0. The zero-order chi connectivity index (χ0) is 24.9. The topological polar surface area (TPSA) is 122 Å². The summed E-state index contributed by atoms with van der Waals surface area (Å²) in [5, 5.41) is 15.3. The summed E-state index contributed by atoms with van der Waals surface area (Å²) in [7, 11) is 0. The molecule has 0 saturated heterocycles. The third-order valence-corrected chi connectivity index (χ3v) is 6.73. The van der Waals surface area contributed by atoms with Crippen molar-refractivity contribution in [3.05, 3.63) is 88.1 Å². The van der Waals surface area contributed by atoms with E-state index in [1.165, 1.54) is 31.4 Å². The molecule has 9 heteroatoms. The molecule has 2 aromatic carbocycles. The summed E-state index contributed by atoms with van der Waals surface area (Å²) in [5.74, 6) is -0.327. The van der Waals surface area contributed by atoms with Crippen LogP contribution in [-0.4, -0.2) is 38.3 Å². The molecule has 0 spiro atoms. The molecule has 1 fully saturated rings. The number of carbonyl (C=O) groups is 2. The standard InChI is InChI=1S/C27H28N6O3/c34-24-13-12-23(25(31-24)27(36)28-16-18-6-2-1-3-7-18)30-26(35)22-11-10-19(17-33-15-14-29-32-33)20-8-4-5-9-21(20)22/h4-5,8-15,18H,1-3,6-7,16-17H2,(H,28,36)(H,30,35)(H,31,34). The van der Waals surface area contributed by atoms with Gasteiger partial charge in [0.05, 0.1) is 18.4 Å². The summed E-state index contributed by atoms with van der Waals surface area (Å²) >= 11 is 0. The van der Waals surface area contributed by atoms with Crippen LogP contribution in [-0.2, 0) is 6.54 Å². The smallest absolute Gasteiger partial charge is 0.269 e. The number of carbonyl (C=O) groups excluding carboxylic acids is 2. The van der Waals surface area contributed by atoms with E-state index in [-0.39, 0.29) is 17.3 Å². The highest BCUT2D eigenvalue weighted by molar-refractivity contribution is 6.15. The quantitative estimate of drug-likeness (QED) is 0.369. The van der Waals surface area contributed by atoms with Gasteiger partial charge in [0.1, 0.15) is 5.69 Å². The molecular formula is C27H28N6O3. The third-order valence-electron chi connectivity index (χ3n) is 6.73. The van der Waals surface area contributed by atoms with Crippen molar-refractivity contribution in [3.63, 3.8) is 0 Å². The van der Waals surface area contributed by atoms with Gasteiger partial charge in [0.25, 0.3) is 11.8 Å². The third kappa shape index (κ3) is 5.19. The predicted octanol–water partition coefficient (Wildman–Crippen LogP) is 3.73. The first kappa shape index (κ1) is 23.5. The average molecular weight is 485 g/mol. The van der Waals surface area contributed by atoms with Crippen LogP contribution in [0.5, 0.6) is 0 Å². The number of anilines is 1. The van der Waals surface area contributed by atoms with E-state index in [0.29, 0.717) is 24.6 Å². The van der Waals surface area contributed by atoms with Crippen LogP contribution in [0.25, 0.3) is 10.8 Å². The first-order chi connectivity index (χ1) is 17.6. The Bertz CT molecular complexity index is 1440. The minimum atomic E-state index is -0.404. The molecule has 2 amide bonds. The molecular weight excluding hydrogens is 456 g/mol. The van der Waals surface area contributed by atoms with Gasteiger partial charge in [-0.1, -0.05) is 54.8 Å². The van der Waals surface area contributed by atoms with E-state index in [2.05, 4.69) is 25.9 Å². The van der Waals surface area contributed by atoms with Crippen molar-refractivity contribution < 1.29 is 9.59 Å². The molecule has 2 aromatic heterocycles. The van der Waals surface area contributed by atoms with Gasteiger partial charge in [-0.3, -0.25) is 14.4 Å². The highest BCUT2D eigenvalue weighted by Gasteiger charge is 2.20. The van der Waals surface area contributed by atoms with E-state index in [1.54, 1.807) is 23.1 Å². The van der Waals surface area contributed by atoms with Gasteiger partial charge in [0, 0.05) is 24.4 Å². The molecule has 0 aliphatic heterocycles. The summed E-state index contributed by atoms with van der Waals surface area (Å²) in [5.41, 5.74) is 1.38. The molecule has 5 rings (SSSR count). The van der Waals surface area contributed by atoms with Crippen molar-refractivity contribution >= 4 is 28.3 Å². The van der Waals surface area contributed by atoms with Crippen molar-refractivity contribution in [3.8, 4) is 0 Å². The molecule has 0 atom stereocenters. The SMILES string of the molecule is O=C(NCC1CCCCC1)c1[nH]c(=O)ccc1NC(=O)c1ccc(Cn2ccnn2)c2ccccc12. The fourth-order valence-corrected chi connectivity index (χ4v) is 4.85. The van der Waals surface area contributed by atoms with E-state index in [4.69, 9.17) is 0 Å². The molecule has 4 aromatic rings. The first-order valence-corrected chi connectivity index (χ1v) is 12.3. The molecule has 0 bridgehead atoms. The Morgan fingerprint density at radius 2 is 1.78 bits per heavy atom. The maximum absolute atomic E-state index is 13.4. The van der Waals surface area contributed by atoms with E-state index in [0.717, 1.165) is 29.2 Å². The van der Waals surface area contributed by atoms with Crippen LogP contribution in [0.2, 0.25) is 0 Å². The number of rotatable bonds is 7. The van der Waals surface area contributed by atoms with E-state index in [9.17, 15) is 14.4 Å². The summed E-state index contributed by atoms with van der Waals surface area (Å²) in [6.45, 7) is 1.08. The van der Waals surface area contributed by atoms with Crippen LogP contribution in [0, 0.1) is 5.92 Å². The van der Waals surface area contributed by atoms with E-state index < -0.39 is 11.5 Å².